The van der Waals surface area contributed by atoms with Crippen molar-refractivity contribution in [2.24, 2.45) is 0 Å². The number of benzene rings is 1. The molecule has 0 spiro atoms. The molecule has 0 aliphatic carbocycles. The summed E-state index contributed by atoms with van der Waals surface area (Å²) in [6, 6.07) is 11.6. The normalized spacial score (nSPS) is 10.9. The minimum absolute atomic E-state index is 0.758. The van der Waals surface area contributed by atoms with Crippen LogP contribution in [0.15, 0.2) is 53.3 Å². The van der Waals surface area contributed by atoms with Gasteiger partial charge in [-0.05, 0) is 24.3 Å². The van der Waals surface area contributed by atoms with E-state index in [1.54, 1.807) is 6.26 Å². The van der Waals surface area contributed by atoms with Crippen molar-refractivity contribution in [2.45, 2.75) is 0 Å². The van der Waals surface area contributed by atoms with Crippen LogP contribution in [0.2, 0.25) is 5.02 Å². The van der Waals surface area contributed by atoms with Crippen LogP contribution >= 0.6 is 11.6 Å². The van der Waals surface area contributed by atoms with Crippen molar-refractivity contribution in [3.63, 3.8) is 0 Å². The summed E-state index contributed by atoms with van der Waals surface area (Å²) >= 11 is 6.14. The zero-order valence-corrected chi connectivity index (χ0v) is 10.1. The molecule has 0 aliphatic rings. The Kier molecular flexibility index (Phi) is 2.34. The summed E-state index contributed by atoms with van der Waals surface area (Å²) in [6.45, 7) is 0. The standard InChI is InChI=1S/C13H11ClN2O/c1-15(13-6-3-9-17-13)16-8-7-10-11(14)4-2-5-12(10)16/h2-9H,1H3. The summed E-state index contributed by atoms with van der Waals surface area (Å²) in [6.07, 6.45) is 3.63. The third kappa shape index (κ3) is 1.59. The highest BCUT2D eigenvalue weighted by atomic mass is 35.5. The maximum atomic E-state index is 6.14. The molecule has 2 heterocycles. The van der Waals surface area contributed by atoms with Gasteiger partial charge in [0.25, 0.3) is 0 Å². The van der Waals surface area contributed by atoms with Crippen LogP contribution in [-0.4, -0.2) is 11.7 Å². The van der Waals surface area contributed by atoms with E-state index in [9.17, 15) is 0 Å². The van der Waals surface area contributed by atoms with Gasteiger partial charge < -0.3 is 4.42 Å². The first-order valence-electron chi connectivity index (χ1n) is 5.30. The van der Waals surface area contributed by atoms with Crippen LogP contribution < -0.4 is 5.01 Å². The van der Waals surface area contributed by atoms with Crippen molar-refractivity contribution in [1.29, 1.82) is 0 Å². The van der Waals surface area contributed by atoms with Crippen molar-refractivity contribution in [1.82, 2.24) is 4.68 Å². The lowest BCUT2D eigenvalue weighted by molar-refractivity contribution is 0.542. The maximum absolute atomic E-state index is 6.14. The second-order valence-electron chi connectivity index (χ2n) is 3.81. The number of anilines is 1. The smallest absolute Gasteiger partial charge is 0.213 e. The van der Waals surface area contributed by atoms with E-state index in [1.807, 2.05) is 59.3 Å². The monoisotopic (exact) mass is 246 g/mol. The molecule has 86 valence electrons. The molecule has 3 aromatic rings. The molecular formula is C13H11ClN2O. The highest BCUT2D eigenvalue weighted by molar-refractivity contribution is 6.35. The predicted molar refractivity (Wildman–Crippen MR) is 69.5 cm³/mol. The fraction of sp³-hybridized carbons (Fsp3) is 0.0769. The van der Waals surface area contributed by atoms with Gasteiger partial charge in [-0.15, -0.1) is 0 Å². The SMILES string of the molecule is CN(c1ccco1)n1ccc2c(Cl)cccc21. The van der Waals surface area contributed by atoms with Gasteiger partial charge in [0.2, 0.25) is 5.88 Å². The molecule has 0 amide bonds. The first-order chi connectivity index (χ1) is 8.27. The predicted octanol–water partition coefficient (Wildman–Crippen LogP) is 3.79. The number of halogens is 1. The van der Waals surface area contributed by atoms with Crippen molar-refractivity contribution in [3.8, 4) is 0 Å². The van der Waals surface area contributed by atoms with Crippen molar-refractivity contribution < 1.29 is 4.42 Å². The van der Waals surface area contributed by atoms with Crippen molar-refractivity contribution >= 4 is 28.4 Å². The molecule has 1 aromatic carbocycles. The Bertz CT molecular complexity index is 643. The number of hydrogen-bond donors (Lipinski definition) is 0. The number of furan rings is 1. The third-order valence-corrected chi connectivity index (χ3v) is 3.14. The number of hydrogen-bond acceptors (Lipinski definition) is 2. The fourth-order valence-electron chi connectivity index (χ4n) is 1.94. The number of nitrogens with zero attached hydrogens (tertiary/aromatic N) is 2. The van der Waals surface area contributed by atoms with Crippen LogP contribution in [-0.2, 0) is 0 Å². The number of rotatable bonds is 2. The summed E-state index contributed by atoms with van der Waals surface area (Å²) in [7, 11) is 1.94. The molecule has 17 heavy (non-hydrogen) atoms. The van der Waals surface area contributed by atoms with Gasteiger partial charge in [0.15, 0.2) is 0 Å². The molecule has 4 heteroatoms. The minimum Gasteiger partial charge on any atom is -0.447 e. The van der Waals surface area contributed by atoms with Crippen LogP contribution in [0.1, 0.15) is 0 Å². The lowest BCUT2D eigenvalue weighted by atomic mass is 10.2. The molecule has 0 unspecified atom stereocenters. The van der Waals surface area contributed by atoms with Crippen LogP contribution in [0.5, 0.6) is 0 Å². The summed E-state index contributed by atoms with van der Waals surface area (Å²) < 4.78 is 7.37. The quantitative estimate of drug-likeness (QED) is 0.686. The second-order valence-corrected chi connectivity index (χ2v) is 4.22. The maximum Gasteiger partial charge on any atom is 0.213 e. The lowest BCUT2D eigenvalue weighted by Gasteiger charge is -2.18. The Morgan fingerprint density at radius 1 is 1.18 bits per heavy atom. The molecule has 0 saturated heterocycles. The van der Waals surface area contributed by atoms with E-state index in [0.717, 1.165) is 21.8 Å². The van der Waals surface area contributed by atoms with Gasteiger partial charge in [-0.2, -0.15) is 0 Å². The van der Waals surface area contributed by atoms with Crippen LogP contribution in [0.4, 0.5) is 5.88 Å². The van der Waals surface area contributed by atoms with Gasteiger partial charge in [-0.1, -0.05) is 17.7 Å². The van der Waals surface area contributed by atoms with E-state index >= 15 is 0 Å². The first kappa shape index (κ1) is 10.3. The Hall–Kier alpha value is -1.87. The largest absolute Gasteiger partial charge is 0.447 e. The van der Waals surface area contributed by atoms with Crippen LogP contribution in [0.25, 0.3) is 10.9 Å². The molecule has 0 bridgehead atoms. The molecule has 0 atom stereocenters. The second kappa shape index (κ2) is 3.86. The molecule has 0 aliphatic heterocycles. The highest BCUT2D eigenvalue weighted by Crippen LogP contribution is 2.26. The Labute approximate surface area is 104 Å². The number of aromatic nitrogens is 1. The third-order valence-electron chi connectivity index (χ3n) is 2.81. The van der Waals surface area contributed by atoms with E-state index in [0.29, 0.717) is 0 Å². The van der Waals surface area contributed by atoms with E-state index in [4.69, 9.17) is 16.0 Å². The Morgan fingerprint density at radius 3 is 2.82 bits per heavy atom. The number of fused-ring (bicyclic) bond motifs is 1. The van der Waals surface area contributed by atoms with Gasteiger partial charge in [0, 0.05) is 24.7 Å². The summed E-state index contributed by atoms with van der Waals surface area (Å²) in [5, 5.41) is 3.72. The van der Waals surface area contributed by atoms with E-state index in [1.165, 1.54) is 0 Å². The van der Waals surface area contributed by atoms with Gasteiger partial charge in [0.1, 0.15) is 0 Å². The van der Waals surface area contributed by atoms with Gasteiger partial charge in [-0.3, -0.25) is 9.69 Å². The van der Waals surface area contributed by atoms with Gasteiger partial charge in [0.05, 0.1) is 16.8 Å². The van der Waals surface area contributed by atoms with Gasteiger partial charge in [-0.25, -0.2) is 0 Å². The lowest BCUT2D eigenvalue weighted by Crippen LogP contribution is -2.22. The average Bonchev–Trinajstić information content (AvgIpc) is 2.98. The minimum atomic E-state index is 0.758. The van der Waals surface area contributed by atoms with E-state index in [-0.39, 0.29) is 0 Å². The molecule has 2 aromatic heterocycles. The van der Waals surface area contributed by atoms with Crippen molar-refractivity contribution in [3.05, 3.63) is 53.9 Å². The van der Waals surface area contributed by atoms with Crippen LogP contribution in [0.3, 0.4) is 0 Å². The van der Waals surface area contributed by atoms with Crippen LogP contribution in [0, 0.1) is 0 Å². The summed E-state index contributed by atoms with van der Waals surface area (Å²) in [5.41, 5.74) is 1.05. The topological polar surface area (TPSA) is 21.3 Å². The molecular weight excluding hydrogens is 236 g/mol. The summed E-state index contributed by atoms with van der Waals surface area (Å²) in [4.78, 5) is 0. The first-order valence-corrected chi connectivity index (χ1v) is 5.68. The zero-order chi connectivity index (χ0) is 11.8. The molecule has 0 saturated carbocycles. The zero-order valence-electron chi connectivity index (χ0n) is 9.30. The van der Waals surface area contributed by atoms with E-state index < -0.39 is 0 Å². The molecule has 0 fully saturated rings. The van der Waals surface area contributed by atoms with E-state index in [2.05, 4.69) is 0 Å². The molecule has 3 rings (SSSR count). The Morgan fingerprint density at radius 2 is 2.06 bits per heavy atom. The fourth-order valence-corrected chi connectivity index (χ4v) is 2.17. The summed E-state index contributed by atoms with van der Waals surface area (Å²) in [5.74, 6) is 0.780. The van der Waals surface area contributed by atoms with Gasteiger partial charge >= 0.3 is 0 Å². The molecule has 0 radical (unpaired) electrons. The Balaban J connectivity index is 2.15. The average molecular weight is 247 g/mol. The molecule has 0 N–H and O–H groups in total. The van der Waals surface area contributed by atoms with Crippen molar-refractivity contribution in [2.75, 3.05) is 12.1 Å². The highest BCUT2D eigenvalue weighted by Gasteiger charge is 2.10. The molecule has 3 nitrogen and oxygen atoms in total.